The van der Waals surface area contributed by atoms with Crippen molar-refractivity contribution >= 4 is 11.9 Å². The van der Waals surface area contributed by atoms with Crippen LogP contribution in [-0.2, 0) is 30.4 Å². The van der Waals surface area contributed by atoms with E-state index in [1.807, 2.05) is 30.3 Å². The number of rotatable bonds is 4. The van der Waals surface area contributed by atoms with Crippen LogP contribution in [0, 0.1) is 17.8 Å². The van der Waals surface area contributed by atoms with Crippen LogP contribution in [0.15, 0.2) is 42.2 Å². The second-order valence-electron chi connectivity index (χ2n) is 7.65. The van der Waals surface area contributed by atoms with Crippen molar-refractivity contribution in [2.24, 2.45) is 17.8 Å². The molecule has 140 valence electrons. The van der Waals surface area contributed by atoms with Crippen LogP contribution >= 0.6 is 0 Å². The summed E-state index contributed by atoms with van der Waals surface area (Å²) >= 11 is 0. The zero-order valence-electron chi connectivity index (χ0n) is 15.6. The first kappa shape index (κ1) is 18.5. The smallest absolute Gasteiger partial charge is 0.352 e. The van der Waals surface area contributed by atoms with Crippen molar-refractivity contribution in [2.75, 3.05) is 0 Å². The molecule has 1 aromatic rings. The molecule has 0 aromatic heterocycles. The van der Waals surface area contributed by atoms with E-state index in [0.29, 0.717) is 18.3 Å². The summed E-state index contributed by atoms with van der Waals surface area (Å²) in [5.41, 5.74) is 0.663. The van der Waals surface area contributed by atoms with Gasteiger partial charge in [-0.05, 0) is 30.2 Å². The third kappa shape index (κ3) is 3.76. The van der Waals surface area contributed by atoms with E-state index in [1.165, 1.54) is 6.26 Å². The zero-order chi connectivity index (χ0) is 18.7. The van der Waals surface area contributed by atoms with E-state index in [4.69, 9.17) is 14.2 Å². The molecule has 5 heteroatoms. The molecule has 0 radical (unpaired) electrons. The fraction of sp³-hybridized carbons (Fsp3) is 0.524. The van der Waals surface area contributed by atoms with Gasteiger partial charge in [0.2, 0.25) is 0 Å². The molecule has 3 atom stereocenters. The van der Waals surface area contributed by atoms with Gasteiger partial charge in [0.25, 0.3) is 5.79 Å². The molecule has 1 unspecified atom stereocenters. The standard InChI is InChI=1S/C21H26O5/c1-14(2)18-10-9-15(3)11-21(18)25-13-17(20(23)26-21)19(22)24-12-16-7-5-4-6-8-16/h4-8,13-15,18H,9-12H2,1-3H3/t15-,18+,21?/m1/s1. The summed E-state index contributed by atoms with van der Waals surface area (Å²) in [5, 5.41) is 0. The van der Waals surface area contributed by atoms with Crippen LogP contribution in [0.5, 0.6) is 0 Å². The topological polar surface area (TPSA) is 61.8 Å². The van der Waals surface area contributed by atoms with Gasteiger partial charge in [-0.3, -0.25) is 0 Å². The summed E-state index contributed by atoms with van der Waals surface area (Å²) < 4.78 is 16.8. The van der Waals surface area contributed by atoms with E-state index in [-0.39, 0.29) is 18.1 Å². The SMILES string of the molecule is CC(C)[C@@H]1CC[C@@H](C)CC12OC=C(C(=O)OCc1ccccc1)C(=O)O2. The van der Waals surface area contributed by atoms with Crippen LogP contribution in [0.4, 0.5) is 0 Å². The Balaban J connectivity index is 1.71. The van der Waals surface area contributed by atoms with Crippen LogP contribution < -0.4 is 0 Å². The van der Waals surface area contributed by atoms with E-state index in [1.54, 1.807) is 0 Å². The Bertz CT molecular complexity index is 694. The summed E-state index contributed by atoms with van der Waals surface area (Å²) in [7, 11) is 0. The lowest BCUT2D eigenvalue weighted by molar-refractivity contribution is -0.263. The minimum Gasteiger partial charge on any atom is -0.458 e. The minimum atomic E-state index is -0.966. The molecule has 1 aliphatic heterocycles. The van der Waals surface area contributed by atoms with Gasteiger partial charge >= 0.3 is 11.9 Å². The average Bonchev–Trinajstić information content (AvgIpc) is 2.60. The van der Waals surface area contributed by atoms with Crippen molar-refractivity contribution in [3.8, 4) is 0 Å². The quantitative estimate of drug-likeness (QED) is 0.602. The van der Waals surface area contributed by atoms with Crippen molar-refractivity contribution in [3.05, 3.63) is 47.7 Å². The number of hydrogen-bond acceptors (Lipinski definition) is 5. The van der Waals surface area contributed by atoms with Crippen molar-refractivity contribution in [1.82, 2.24) is 0 Å². The fourth-order valence-electron chi connectivity index (χ4n) is 3.89. The highest BCUT2D eigenvalue weighted by Gasteiger charge is 2.52. The lowest BCUT2D eigenvalue weighted by Gasteiger charge is -2.47. The third-order valence-corrected chi connectivity index (χ3v) is 5.27. The second-order valence-corrected chi connectivity index (χ2v) is 7.65. The molecule has 1 aliphatic carbocycles. The monoisotopic (exact) mass is 358 g/mol. The summed E-state index contributed by atoms with van der Waals surface area (Å²) in [5.74, 6) is -1.52. The summed E-state index contributed by atoms with van der Waals surface area (Å²) in [6.07, 6.45) is 3.91. The highest BCUT2D eigenvalue weighted by Crippen LogP contribution is 2.46. The van der Waals surface area contributed by atoms with Gasteiger partial charge < -0.3 is 14.2 Å². The van der Waals surface area contributed by atoms with E-state index < -0.39 is 17.7 Å². The van der Waals surface area contributed by atoms with E-state index in [0.717, 1.165) is 18.4 Å². The Morgan fingerprint density at radius 2 is 2.00 bits per heavy atom. The third-order valence-electron chi connectivity index (χ3n) is 5.27. The second kappa shape index (κ2) is 7.52. The van der Waals surface area contributed by atoms with Gasteiger partial charge in [0.1, 0.15) is 12.9 Å². The molecule has 5 nitrogen and oxygen atoms in total. The molecule has 26 heavy (non-hydrogen) atoms. The number of carbonyl (C=O) groups excluding carboxylic acids is 2. The van der Waals surface area contributed by atoms with Gasteiger partial charge in [-0.15, -0.1) is 0 Å². The Morgan fingerprint density at radius 3 is 2.65 bits per heavy atom. The molecule has 0 saturated heterocycles. The molecule has 1 fully saturated rings. The Morgan fingerprint density at radius 1 is 1.27 bits per heavy atom. The molecular formula is C21H26O5. The van der Waals surface area contributed by atoms with Crippen molar-refractivity contribution < 1.29 is 23.8 Å². The van der Waals surface area contributed by atoms with Crippen molar-refractivity contribution in [1.29, 1.82) is 0 Å². The molecule has 3 rings (SSSR count). The molecule has 1 spiro atoms. The molecule has 1 aromatic carbocycles. The van der Waals surface area contributed by atoms with Crippen LogP contribution in [0.3, 0.4) is 0 Å². The first-order valence-corrected chi connectivity index (χ1v) is 9.23. The molecular weight excluding hydrogens is 332 g/mol. The highest BCUT2D eigenvalue weighted by molar-refractivity contribution is 6.14. The molecule has 2 aliphatic rings. The van der Waals surface area contributed by atoms with Crippen LogP contribution in [0.2, 0.25) is 0 Å². The number of carbonyl (C=O) groups is 2. The van der Waals surface area contributed by atoms with Crippen molar-refractivity contribution in [2.45, 2.75) is 52.4 Å². The van der Waals surface area contributed by atoms with E-state index >= 15 is 0 Å². The van der Waals surface area contributed by atoms with Crippen molar-refractivity contribution in [3.63, 3.8) is 0 Å². The van der Waals surface area contributed by atoms with Gasteiger partial charge in [-0.2, -0.15) is 0 Å². The van der Waals surface area contributed by atoms with E-state index in [9.17, 15) is 9.59 Å². The largest absolute Gasteiger partial charge is 0.458 e. The molecule has 1 heterocycles. The first-order valence-electron chi connectivity index (χ1n) is 9.23. The van der Waals surface area contributed by atoms with Gasteiger partial charge in [-0.1, -0.05) is 51.1 Å². The summed E-state index contributed by atoms with van der Waals surface area (Å²) in [6, 6.07) is 9.31. The van der Waals surface area contributed by atoms with Gasteiger partial charge in [0.15, 0.2) is 5.57 Å². The van der Waals surface area contributed by atoms with Gasteiger partial charge in [0, 0.05) is 12.3 Å². The minimum absolute atomic E-state index is 0.0983. The Kier molecular flexibility index (Phi) is 5.35. The average molecular weight is 358 g/mol. The maximum absolute atomic E-state index is 12.5. The fourth-order valence-corrected chi connectivity index (χ4v) is 3.89. The predicted octanol–water partition coefficient (Wildman–Crippen LogP) is 3.98. The number of hydrogen-bond donors (Lipinski definition) is 0. The molecule has 0 N–H and O–H groups in total. The number of benzene rings is 1. The first-order chi connectivity index (χ1) is 12.4. The maximum atomic E-state index is 12.5. The molecule has 0 amide bonds. The highest BCUT2D eigenvalue weighted by atomic mass is 16.7. The number of ether oxygens (including phenoxy) is 3. The lowest BCUT2D eigenvalue weighted by atomic mass is 9.72. The predicted molar refractivity (Wildman–Crippen MR) is 95.6 cm³/mol. The zero-order valence-corrected chi connectivity index (χ0v) is 15.6. The maximum Gasteiger partial charge on any atom is 0.352 e. The number of esters is 2. The molecule has 0 bridgehead atoms. The van der Waals surface area contributed by atoms with Crippen LogP contribution in [-0.4, -0.2) is 17.7 Å². The summed E-state index contributed by atoms with van der Waals surface area (Å²) in [4.78, 5) is 24.8. The molecule has 1 saturated carbocycles. The van der Waals surface area contributed by atoms with Gasteiger partial charge in [0.05, 0.1) is 0 Å². The normalized spacial score (nSPS) is 28.3. The summed E-state index contributed by atoms with van der Waals surface area (Å²) in [6.45, 7) is 6.43. The van der Waals surface area contributed by atoms with E-state index in [2.05, 4.69) is 20.8 Å². The lowest BCUT2D eigenvalue weighted by Crippen LogP contribution is -2.52. The Hall–Kier alpha value is -2.30. The van der Waals surface area contributed by atoms with Crippen LogP contribution in [0.1, 0.15) is 45.6 Å². The Labute approximate surface area is 154 Å². The van der Waals surface area contributed by atoms with Crippen LogP contribution in [0.25, 0.3) is 0 Å². The van der Waals surface area contributed by atoms with Gasteiger partial charge in [-0.25, -0.2) is 9.59 Å².